The number of rotatable bonds is 0. The minimum Gasteiger partial charge on any atom is -0.306 e. The van der Waals surface area contributed by atoms with Crippen molar-refractivity contribution in [3.8, 4) is 0 Å². The third-order valence-electron chi connectivity index (χ3n) is 2.61. The van der Waals surface area contributed by atoms with Crippen molar-refractivity contribution in [1.82, 2.24) is 5.32 Å². The number of nitrogens with one attached hydrogen (secondary N) is 1. The molecule has 0 bridgehead atoms. The van der Waals surface area contributed by atoms with Gasteiger partial charge >= 0.3 is 0 Å². The van der Waals surface area contributed by atoms with Gasteiger partial charge in [-0.05, 0) is 33.1 Å². The van der Waals surface area contributed by atoms with Crippen molar-refractivity contribution in [3.63, 3.8) is 0 Å². The van der Waals surface area contributed by atoms with E-state index in [0.717, 1.165) is 0 Å². The van der Waals surface area contributed by atoms with E-state index in [2.05, 4.69) is 39.6 Å². The molecule has 1 aliphatic heterocycles. The van der Waals surface area contributed by atoms with Gasteiger partial charge in [-0.3, -0.25) is 0 Å². The molecule has 2 unspecified atom stereocenters. The van der Waals surface area contributed by atoms with Crippen LogP contribution in [0.3, 0.4) is 0 Å². The number of piperidine rings is 1. The molecule has 0 radical (unpaired) electrons. The van der Waals surface area contributed by atoms with Crippen molar-refractivity contribution in [3.05, 3.63) is 12.2 Å². The lowest BCUT2D eigenvalue weighted by atomic mass is 9.80. The number of hydrogen-bond acceptors (Lipinski definition) is 1. The van der Waals surface area contributed by atoms with E-state index >= 15 is 0 Å². The van der Waals surface area contributed by atoms with E-state index in [-0.39, 0.29) is 0 Å². The Morgan fingerprint density at radius 3 is 2.45 bits per heavy atom. The zero-order valence-corrected chi connectivity index (χ0v) is 8.07. The molecule has 1 fully saturated rings. The van der Waals surface area contributed by atoms with Crippen LogP contribution in [0.25, 0.3) is 0 Å². The molecule has 11 heavy (non-hydrogen) atoms. The molecule has 0 spiro atoms. The van der Waals surface area contributed by atoms with Crippen LogP contribution in [-0.2, 0) is 0 Å². The van der Waals surface area contributed by atoms with Gasteiger partial charge in [-0.1, -0.05) is 19.1 Å². The summed E-state index contributed by atoms with van der Waals surface area (Å²) in [6.07, 6.45) is 1.20. The third-order valence-corrected chi connectivity index (χ3v) is 2.61. The largest absolute Gasteiger partial charge is 0.306 e. The average Bonchev–Trinajstić information content (AvgIpc) is 1.81. The van der Waals surface area contributed by atoms with Crippen molar-refractivity contribution < 1.29 is 0 Å². The predicted molar refractivity (Wildman–Crippen MR) is 49.6 cm³/mol. The van der Waals surface area contributed by atoms with Crippen molar-refractivity contribution in [2.45, 2.75) is 45.7 Å². The van der Waals surface area contributed by atoms with E-state index in [0.29, 0.717) is 17.5 Å². The molecule has 1 nitrogen and oxygen atoms in total. The van der Waals surface area contributed by atoms with Crippen LogP contribution in [0.1, 0.15) is 34.1 Å². The monoisotopic (exact) mass is 153 g/mol. The molecule has 0 saturated carbocycles. The summed E-state index contributed by atoms with van der Waals surface area (Å²) in [5, 5.41) is 3.54. The van der Waals surface area contributed by atoms with Gasteiger partial charge in [0, 0.05) is 11.6 Å². The Morgan fingerprint density at radius 1 is 1.45 bits per heavy atom. The van der Waals surface area contributed by atoms with Crippen LogP contribution in [0.2, 0.25) is 0 Å². The highest BCUT2D eigenvalue weighted by molar-refractivity contribution is 5.14. The van der Waals surface area contributed by atoms with Gasteiger partial charge in [-0.2, -0.15) is 0 Å². The smallest absolute Gasteiger partial charge is 0.0256 e. The van der Waals surface area contributed by atoms with Gasteiger partial charge in [0.15, 0.2) is 0 Å². The molecule has 0 aromatic carbocycles. The van der Waals surface area contributed by atoms with Gasteiger partial charge in [-0.15, -0.1) is 0 Å². The summed E-state index contributed by atoms with van der Waals surface area (Å²) in [4.78, 5) is 0. The Kier molecular flexibility index (Phi) is 2.10. The zero-order chi connectivity index (χ0) is 8.65. The van der Waals surface area contributed by atoms with Gasteiger partial charge in [0.1, 0.15) is 0 Å². The minimum atomic E-state index is 0.292. The van der Waals surface area contributed by atoms with Crippen LogP contribution in [0.15, 0.2) is 12.2 Å². The Morgan fingerprint density at radius 2 is 2.00 bits per heavy atom. The molecular formula is C10H19N. The highest BCUT2D eigenvalue weighted by atomic mass is 15.0. The van der Waals surface area contributed by atoms with Crippen molar-refractivity contribution in [1.29, 1.82) is 0 Å². The first-order valence-corrected chi connectivity index (χ1v) is 4.39. The highest BCUT2D eigenvalue weighted by Gasteiger charge is 2.31. The summed E-state index contributed by atoms with van der Waals surface area (Å²) >= 11 is 0. The van der Waals surface area contributed by atoms with E-state index in [4.69, 9.17) is 0 Å². The molecule has 1 N–H and O–H groups in total. The van der Waals surface area contributed by atoms with Gasteiger partial charge in [0.05, 0.1) is 0 Å². The van der Waals surface area contributed by atoms with Crippen LogP contribution in [-0.4, -0.2) is 11.6 Å². The Balaban J connectivity index is 2.70. The summed E-state index contributed by atoms with van der Waals surface area (Å²) < 4.78 is 0. The van der Waals surface area contributed by atoms with E-state index in [9.17, 15) is 0 Å². The Bertz CT molecular complexity index is 154. The lowest BCUT2D eigenvalue weighted by Crippen LogP contribution is -2.51. The molecule has 0 aromatic rings. The molecule has 1 heteroatoms. The second-order valence-corrected chi connectivity index (χ2v) is 4.43. The average molecular weight is 153 g/mol. The van der Waals surface area contributed by atoms with Crippen molar-refractivity contribution in [2.75, 3.05) is 0 Å². The fourth-order valence-electron chi connectivity index (χ4n) is 2.06. The second-order valence-electron chi connectivity index (χ2n) is 4.43. The molecule has 2 atom stereocenters. The fourth-order valence-corrected chi connectivity index (χ4v) is 2.06. The van der Waals surface area contributed by atoms with Crippen LogP contribution < -0.4 is 5.32 Å². The number of hydrogen-bond donors (Lipinski definition) is 1. The maximum atomic E-state index is 4.08. The second kappa shape index (κ2) is 2.63. The van der Waals surface area contributed by atoms with Gasteiger partial charge in [-0.25, -0.2) is 0 Å². The highest BCUT2D eigenvalue weighted by Crippen LogP contribution is 2.29. The maximum Gasteiger partial charge on any atom is 0.0256 e. The first-order chi connectivity index (χ1) is 4.92. The topological polar surface area (TPSA) is 12.0 Å². The lowest BCUT2D eigenvalue weighted by Gasteiger charge is -2.40. The molecule has 1 saturated heterocycles. The first kappa shape index (κ1) is 8.79. The molecular weight excluding hydrogens is 134 g/mol. The van der Waals surface area contributed by atoms with E-state index in [1.54, 1.807) is 0 Å². The summed E-state index contributed by atoms with van der Waals surface area (Å²) in [5.74, 6) is 0.668. The molecule has 64 valence electrons. The van der Waals surface area contributed by atoms with Crippen LogP contribution in [0.5, 0.6) is 0 Å². The van der Waals surface area contributed by atoms with Gasteiger partial charge < -0.3 is 5.32 Å². The van der Waals surface area contributed by atoms with Crippen molar-refractivity contribution in [2.24, 2.45) is 5.92 Å². The molecule has 1 rings (SSSR count). The van der Waals surface area contributed by atoms with Crippen LogP contribution in [0.4, 0.5) is 0 Å². The maximum absolute atomic E-state index is 4.08. The van der Waals surface area contributed by atoms with Crippen LogP contribution >= 0.6 is 0 Å². The van der Waals surface area contributed by atoms with E-state index in [1.165, 1.54) is 12.0 Å². The minimum absolute atomic E-state index is 0.292. The summed E-state index contributed by atoms with van der Waals surface area (Å²) in [7, 11) is 0. The molecule has 0 aliphatic carbocycles. The fraction of sp³-hybridized carbons (Fsp3) is 0.800. The molecule has 0 aromatic heterocycles. The summed E-state index contributed by atoms with van der Waals surface area (Å²) in [6.45, 7) is 13.1. The first-order valence-electron chi connectivity index (χ1n) is 4.39. The predicted octanol–water partition coefficient (Wildman–Crippen LogP) is 2.34. The zero-order valence-electron chi connectivity index (χ0n) is 8.07. The SMILES string of the molecule is C=C1C(C)CC(C)(C)NC1C. The molecule has 1 heterocycles. The molecule has 0 amide bonds. The Hall–Kier alpha value is -0.300. The Labute approximate surface area is 69.9 Å². The van der Waals surface area contributed by atoms with Gasteiger partial charge in [0.2, 0.25) is 0 Å². The van der Waals surface area contributed by atoms with Crippen molar-refractivity contribution >= 4 is 0 Å². The normalized spacial score (nSPS) is 37.3. The van der Waals surface area contributed by atoms with E-state index < -0.39 is 0 Å². The summed E-state index contributed by atoms with van der Waals surface area (Å²) in [6, 6.07) is 0.480. The molecule has 1 aliphatic rings. The quantitative estimate of drug-likeness (QED) is 0.527. The van der Waals surface area contributed by atoms with E-state index in [1.807, 2.05) is 0 Å². The third kappa shape index (κ3) is 1.84. The standard InChI is InChI=1S/C10H19N/c1-7-6-10(4,5)11-9(3)8(7)2/h7,9,11H,2,6H2,1,3-5H3. The lowest BCUT2D eigenvalue weighted by molar-refractivity contribution is 0.257. The van der Waals surface area contributed by atoms with Crippen LogP contribution in [0, 0.1) is 5.92 Å². The van der Waals surface area contributed by atoms with Gasteiger partial charge in [0.25, 0.3) is 0 Å². The summed E-state index contributed by atoms with van der Waals surface area (Å²) in [5.41, 5.74) is 1.64.